The smallest absolute Gasteiger partial charge is 0.463 e. The number of esters is 9. The van der Waals surface area contributed by atoms with Crippen LogP contribution in [0, 0.1) is 104 Å². The fraction of sp³-hybridized carbons (Fsp3) is 0.889. The molecule has 16 aliphatic rings. The highest BCUT2D eigenvalue weighted by Gasteiger charge is 2.67. The molecule has 1 N–H and O–H groups in total. The Labute approximate surface area is 691 Å². The second-order valence-corrected chi connectivity index (χ2v) is 42.3. The predicted octanol–water partition coefficient (Wildman–Crippen LogP) is 15.9. The molecule has 25 nitrogen and oxygen atoms in total. The number of rotatable bonds is 25. The molecule has 0 aromatic heterocycles. The Balaban J connectivity index is 0.000000161. The minimum Gasteiger partial charge on any atom is -0.463 e. The van der Waals surface area contributed by atoms with Crippen LogP contribution in [0.25, 0.3) is 0 Å². The standard InChI is InChI=1S/C18H30O2.C16H24O8S.C16H22O6.C16H26O3.C14H26O2.C10H16O4/c1-5-17(3,4)16(19)20-18(6-2)14-8-12-7-13(10-14)11-15(18)9-12;1-4-16(2,3)14(17)21-5-6-22-15(18)23-12-9-7-10-11(8-9)25(19,20)24-13(10)12;1-4-16(2,3)15(19)20-7-11(17)21-12-8-5-9-10(6-8)14(18)22-13(9)12;1-4-15(2,3)14(17)19-13-11-5-10-6-12(13)9-16(18,7-10)8-11;1-5-13(3,4)12(15)16-14(6-2)10-8-7-9-11-14;1-4-10(2,3)9(12)14-7-5-6-13-8(7)11/h12-15H,5-11H2,1-4H3;9-13H,4-8H2,1-3H3;8-10,12-13H,4-7H2,1-3H3;10-13,18H,4-9H2,1-3H3;5-11H2,1-4H3;7H,4-6H2,1-3H3. The van der Waals surface area contributed by atoms with Gasteiger partial charge in [-0.3, -0.25) is 37.7 Å². The van der Waals surface area contributed by atoms with E-state index in [0.29, 0.717) is 74.7 Å². The summed E-state index contributed by atoms with van der Waals surface area (Å²) in [5.41, 5.74) is -3.49. The second kappa shape index (κ2) is 37.4. The Bertz CT molecular complexity index is 3560. The molecule has 0 spiro atoms. The highest BCUT2D eigenvalue weighted by Crippen LogP contribution is 2.62. The number of hydrogen-bond acceptors (Lipinski definition) is 25. The van der Waals surface area contributed by atoms with E-state index >= 15 is 0 Å². The van der Waals surface area contributed by atoms with Gasteiger partial charge in [-0.1, -0.05) is 61.8 Å². The maximum atomic E-state index is 12.6. The monoisotopic (exact) mass is 1660 g/mol. The summed E-state index contributed by atoms with van der Waals surface area (Å²) in [6.45, 7) is 38.6. The third-order valence-corrected chi connectivity index (χ3v) is 32.2. The van der Waals surface area contributed by atoms with Crippen molar-refractivity contribution in [2.24, 2.45) is 104 Å². The molecule has 3 aliphatic heterocycles. The number of carbonyl (C=O) groups is 10. The van der Waals surface area contributed by atoms with Crippen LogP contribution in [0.15, 0.2) is 0 Å². The summed E-state index contributed by atoms with van der Waals surface area (Å²) in [7, 11) is -3.54. The highest BCUT2D eigenvalue weighted by atomic mass is 32.2. The molecule has 660 valence electrons. The van der Waals surface area contributed by atoms with Crippen molar-refractivity contribution in [2.45, 2.75) is 377 Å². The molecule has 116 heavy (non-hydrogen) atoms. The predicted molar refractivity (Wildman–Crippen MR) is 428 cm³/mol. The first-order valence-electron chi connectivity index (χ1n) is 44.4. The molecule has 0 aromatic rings. The molecule has 16 fully saturated rings. The molecule has 3 saturated heterocycles. The number of fused-ring (bicyclic) bond motifs is 2. The van der Waals surface area contributed by atoms with Crippen molar-refractivity contribution in [3.05, 3.63) is 0 Å². The fourth-order valence-corrected chi connectivity index (χ4v) is 22.4. The summed E-state index contributed by atoms with van der Waals surface area (Å²) < 4.78 is 87.6. The van der Waals surface area contributed by atoms with Crippen molar-refractivity contribution in [1.29, 1.82) is 0 Å². The van der Waals surface area contributed by atoms with E-state index in [1.165, 1.54) is 51.4 Å². The number of ether oxygens (including phenoxy) is 11. The SMILES string of the molecule is CCC(C)(C)C(=O)OC1(CC)C2CC3CC(C2)CC1C3.CCC(C)(C)C(=O)OC1C2CC3CC1CC(O)(C3)C2.CCC(C)(C)C(=O)OC1CCOC1=O.CCC(C)(C)C(=O)OCC(=O)OC1C2CC3C(=O)OC1C3C2.CCC(C)(C)C(=O)OCCOC(=O)OC1C2CC3C1OS(=O)(=O)C3C2.CCC1(OC(=O)C(C)(C)CC)CCCCC1. The Morgan fingerprint density at radius 1 is 0.457 bits per heavy atom. The first-order chi connectivity index (χ1) is 54.1. The Morgan fingerprint density at radius 3 is 1.45 bits per heavy atom. The largest absolute Gasteiger partial charge is 0.508 e. The zero-order valence-electron chi connectivity index (χ0n) is 73.8. The first kappa shape index (κ1) is 94.2. The molecule has 0 aromatic carbocycles. The summed E-state index contributed by atoms with van der Waals surface area (Å²) in [4.78, 5) is 119. The average molecular weight is 1660 g/mol. The van der Waals surface area contributed by atoms with Crippen LogP contribution >= 0.6 is 0 Å². The van der Waals surface area contributed by atoms with Crippen LogP contribution in [0.3, 0.4) is 0 Å². The van der Waals surface area contributed by atoms with Crippen molar-refractivity contribution in [1.82, 2.24) is 0 Å². The van der Waals surface area contributed by atoms with Crippen LogP contribution in [0.4, 0.5) is 4.79 Å². The van der Waals surface area contributed by atoms with Gasteiger partial charge >= 0.3 is 59.9 Å². The molecule has 13 saturated carbocycles. The lowest BCUT2D eigenvalue weighted by Gasteiger charge is -2.60. The van der Waals surface area contributed by atoms with E-state index in [9.17, 15) is 61.5 Å². The van der Waals surface area contributed by atoms with Gasteiger partial charge in [-0.2, -0.15) is 8.42 Å². The Hall–Kier alpha value is -5.63. The fourth-order valence-electron chi connectivity index (χ4n) is 20.5. The van der Waals surface area contributed by atoms with Gasteiger partial charge < -0.3 is 57.2 Å². The lowest BCUT2D eigenvalue weighted by molar-refractivity contribution is -0.218. The summed E-state index contributed by atoms with van der Waals surface area (Å²) in [5.74, 6) is 2.58. The van der Waals surface area contributed by atoms with E-state index in [4.69, 9.17) is 56.3 Å². The number of hydrogen-bond donors (Lipinski definition) is 1. The maximum Gasteiger partial charge on any atom is 0.508 e. The van der Waals surface area contributed by atoms with Crippen molar-refractivity contribution in [3.8, 4) is 0 Å². The molecule has 13 unspecified atom stereocenters. The lowest BCUT2D eigenvalue weighted by atomic mass is 9.49. The van der Waals surface area contributed by atoms with Gasteiger partial charge in [0.2, 0.25) is 6.10 Å². The van der Waals surface area contributed by atoms with Crippen LogP contribution in [0.5, 0.6) is 0 Å². The molecule has 26 heteroatoms. The summed E-state index contributed by atoms with van der Waals surface area (Å²) >= 11 is 0. The van der Waals surface area contributed by atoms with Crippen molar-refractivity contribution >= 4 is 70.0 Å². The third kappa shape index (κ3) is 21.3. The molecule has 12 bridgehead atoms. The van der Waals surface area contributed by atoms with E-state index in [2.05, 4.69) is 20.8 Å². The molecule has 13 atom stereocenters. The topological polar surface area (TPSA) is 336 Å². The van der Waals surface area contributed by atoms with Gasteiger partial charge in [0.1, 0.15) is 54.9 Å². The van der Waals surface area contributed by atoms with Gasteiger partial charge in [0, 0.05) is 30.1 Å². The van der Waals surface area contributed by atoms with Crippen LogP contribution in [0.2, 0.25) is 0 Å². The molecule has 16 rings (SSSR count). The summed E-state index contributed by atoms with van der Waals surface area (Å²) in [6.07, 6.45) is 23.7. The van der Waals surface area contributed by atoms with Crippen LogP contribution in [0.1, 0.15) is 318 Å². The van der Waals surface area contributed by atoms with E-state index in [-0.39, 0.29) is 131 Å². The van der Waals surface area contributed by atoms with Gasteiger partial charge in [0.05, 0.1) is 55.9 Å². The minimum atomic E-state index is -3.54. The minimum absolute atomic E-state index is 0.00636. The van der Waals surface area contributed by atoms with Crippen LogP contribution < -0.4 is 0 Å². The zero-order chi connectivity index (χ0) is 85.9. The van der Waals surface area contributed by atoms with Crippen molar-refractivity contribution < 1.29 is 118 Å². The van der Waals surface area contributed by atoms with Crippen LogP contribution in [-0.2, 0) is 110 Å². The highest BCUT2D eigenvalue weighted by molar-refractivity contribution is 7.87. The van der Waals surface area contributed by atoms with E-state index in [0.717, 1.165) is 102 Å². The number of cyclic esters (lactones) is 1. The van der Waals surface area contributed by atoms with Crippen LogP contribution in [-0.4, -0.2) is 159 Å². The van der Waals surface area contributed by atoms with Crippen molar-refractivity contribution in [3.63, 3.8) is 0 Å². The molecule has 0 amide bonds. The Kier molecular flexibility index (Phi) is 30.4. The van der Waals surface area contributed by atoms with Gasteiger partial charge in [-0.15, -0.1) is 0 Å². The normalized spacial score (nSPS) is 34.3. The van der Waals surface area contributed by atoms with Gasteiger partial charge in [-0.25, -0.2) is 14.4 Å². The molecular formula is C90H144O25S. The van der Waals surface area contributed by atoms with E-state index in [1.807, 2.05) is 76.2 Å². The summed E-state index contributed by atoms with van der Waals surface area (Å²) in [6, 6.07) is 0. The lowest BCUT2D eigenvalue weighted by Crippen LogP contribution is -2.60. The molecule has 0 radical (unpaired) electrons. The zero-order valence-corrected chi connectivity index (χ0v) is 74.6. The number of carbonyl (C=O) groups excluding carboxylic acids is 10. The maximum absolute atomic E-state index is 12.6. The van der Waals surface area contributed by atoms with E-state index in [1.54, 1.807) is 41.5 Å². The average Bonchev–Trinajstić information content (AvgIpc) is 1.47. The van der Waals surface area contributed by atoms with Crippen molar-refractivity contribution in [2.75, 3.05) is 26.4 Å². The number of aliphatic hydroxyl groups is 1. The Morgan fingerprint density at radius 2 is 0.940 bits per heavy atom. The first-order valence-corrected chi connectivity index (χ1v) is 45.9. The third-order valence-electron chi connectivity index (χ3n) is 30.4. The molecule has 3 heterocycles. The van der Waals surface area contributed by atoms with Gasteiger partial charge in [0.15, 0.2) is 6.61 Å². The van der Waals surface area contributed by atoms with Gasteiger partial charge in [-0.05, 0) is 291 Å². The molecular weight excluding hydrogens is 1510 g/mol. The summed E-state index contributed by atoms with van der Waals surface area (Å²) in [5, 5.41) is 10.1. The second-order valence-electron chi connectivity index (χ2n) is 40.6. The quantitative estimate of drug-likeness (QED) is 0.0384. The molecule has 13 aliphatic carbocycles. The van der Waals surface area contributed by atoms with E-state index < -0.39 is 79.6 Å². The van der Waals surface area contributed by atoms with Gasteiger partial charge in [0.25, 0.3) is 10.1 Å².